The van der Waals surface area contributed by atoms with Crippen LogP contribution in [0.4, 0.5) is 24.5 Å². The van der Waals surface area contributed by atoms with Crippen molar-refractivity contribution in [3.8, 4) is 0 Å². The molecule has 1 aliphatic rings. The minimum Gasteiger partial charge on any atom is -0.370 e. The van der Waals surface area contributed by atoms with E-state index in [1.807, 2.05) is 4.90 Å². The van der Waals surface area contributed by atoms with Gasteiger partial charge in [0.2, 0.25) is 0 Å². The van der Waals surface area contributed by atoms with Crippen LogP contribution in [0.1, 0.15) is 40.9 Å². The molecule has 0 radical (unpaired) electrons. The van der Waals surface area contributed by atoms with E-state index in [1.54, 1.807) is 13.0 Å². The standard InChI is InChI=1S/C20H19F3N4O2/c1-12-15-9-13(11-24-19(15)29-26-12)18(28)25-16-10-14(20(21,22)23)5-6-17(16)27-7-3-2-4-8-27/h5-6,9-11H,2-4,7-8H2,1H3,(H,25,28). The number of nitrogens with one attached hydrogen (secondary N) is 1. The molecule has 4 rings (SSSR count). The summed E-state index contributed by atoms with van der Waals surface area (Å²) in [5.41, 5.74) is 1.00. The Morgan fingerprint density at radius 3 is 2.66 bits per heavy atom. The summed E-state index contributed by atoms with van der Waals surface area (Å²) in [6, 6.07) is 5.03. The molecule has 0 bridgehead atoms. The van der Waals surface area contributed by atoms with Gasteiger partial charge in [-0.05, 0) is 50.5 Å². The lowest BCUT2D eigenvalue weighted by molar-refractivity contribution is -0.137. The highest BCUT2D eigenvalue weighted by Crippen LogP contribution is 2.36. The van der Waals surface area contributed by atoms with E-state index in [1.165, 1.54) is 12.3 Å². The maximum absolute atomic E-state index is 13.2. The van der Waals surface area contributed by atoms with Gasteiger partial charge in [-0.3, -0.25) is 4.79 Å². The van der Waals surface area contributed by atoms with Gasteiger partial charge in [-0.25, -0.2) is 4.98 Å². The van der Waals surface area contributed by atoms with Gasteiger partial charge in [0.1, 0.15) is 0 Å². The number of hydrogen-bond acceptors (Lipinski definition) is 5. The third-order valence-corrected chi connectivity index (χ3v) is 5.04. The van der Waals surface area contributed by atoms with Crippen molar-refractivity contribution in [1.82, 2.24) is 10.1 Å². The van der Waals surface area contributed by atoms with Crippen molar-refractivity contribution in [3.63, 3.8) is 0 Å². The number of carbonyl (C=O) groups is 1. The molecule has 29 heavy (non-hydrogen) atoms. The summed E-state index contributed by atoms with van der Waals surface area (Å²) in [5.74, 6) is -0.544. The second-order valence-corrected chi connectivity index (χ2v) is 7.08. The third kappa shape index (κ3) is 3.90. The number of carbonyl (C=O) groups excluding carboxylic acids is 1. The van der Waals surface area contributed by atoms with Crippen molar-refractivity contribution < 1.29 is 22.5 Å². The summed E-state index contributed by atoms with van der Waals surface area (Å²) in [6.07, 6.45) is -0.178. The topological polar surface area (TPSA) is 71.3 Å². The largest absolute Gasteiger partial charge is 0.416 e. The zero-order chi connectivity index (χ0) is 20.6. The number of aryl methyl sites for hydroxylation is 1. The average molecular weight is 404 g/mol. The number of rotatable bonds is 3. The predicted molar refractivity (Wildman–Crippen MR) is 102 cm³/mol. The Balaban J connectivity index is 1.68. The molecule has 1 N–H and O–H groups in total. The van der Waals surface area contributed by atoms with Crippen molar-refractivity contribution in [2.45, 2.75) is 32.4 Å². The quantitative estimate of drug-likeness (QED) is 0.680. The van der Waals surface area contributed by atoms with E-state index in [-0.39, 0.29) is 11.3 Å². The van der Waals surface area contributed by atoms with Crippen LogP contribution in [0.15, 0.2) is 35.0 Å². The molecule has 1 aromatic carbocycles. The van der Waals surface area contributed by atoms with Gasteiger partial charge in [-0.2, -0.15) is 13.2 Å². The van der Waals surface area contributed by atoms with Crippen LogP contribution in [0.3, 0.4) is 0 Å². The monoisotopic (exact) mass is 404 g/mol. The van der Waals surface area contributed by atoms with Gasteiger partial charge in [-0.1, -0.05) is 5.16 Å². The van der Waals surface area contributed by atoms with Crippen LogP contribution < -0.4 is 10.2 Å². The number of anilines is 2. The summed E-state index contributed by atoms with van der Waals surface area (Å²) < 4.78 is 44.7. The number of benzene rings is 1. The van der Waals surface area contributed by atoms with Crippen molar-refractivity contribution in [1.29, 1.82) is 0 Å². The number of fused-ring (bicyclic) bond motifs is 1. The lowest BCUT2D eigenvalue weighted by atomic mass is 10.1. The van der Waals surface area contributed by atoms with E-state index in [0.717, 1.165) is 44.5 Å². The fraction of sp³-hybridized carbons (Fsp3) is 0.350. The van der Waals surface area contributed by atoms with E-state index in [9.17, 15) is 18.0 Å². The predicted octanol–water partition coefficient (Wildman–Crippen LogP) is 4.79. The third-order valence-electron chi connectivity index (χ3n) is 5.04. The molecule has 152 valence electrons. The fourth-order valence-corrected chi connectivity index (χ4v) is 3.49. The molecule has 3 aromatic rings. The molecule has 0 aliphatic carbocycles. The number of aromatic nitrogens is 2. The Labute approximate surface area is 164 Å². The maximum Gasteiger partial charge on any atom is 0.416 e. The maximum atomic E-state index is 13.2. The van der Waals surface area contributed by atoms with Crippen LogP contribution in [0.2, 0.25) is 0 Å². The van der Waals surface area contributed by atoms with Crippen LogP contribution >= 0.6 is 0 Å². The van der Waals surface area contributed by atoms with Gasteiger partial charge in [0.05, 0.1) is 33.6 Å². The molecule has 1 saturated heterocycles. The van der Waals surface area contributed by atoms with Crippen molar-refractivity contribution >= 4 is 28.4 Å². The lowest BCUT2D eigenvalue weighted by Gasteiger charge is -2.31. The second kappa shape index (κ2) is 7.38. The summed E-state index contributed by atoms with van der Waals surface area (Å²) in [5, 5.41) is 7.02. The highest BCUT2D eigenvalue weighted by molar-refractivity contribution is 6.07. The van der Waals surface area contributed by atoms with Crippen molar-refractivity contribution in [2.75, 3.05) is 23.3 Å². The number of alkyl halides is 3. The Morgan fingerprint density at radius 2 is 1.93 bits per heavy atom. The normalized spacial score (nSPS) is 15.0. The zero-order valence-electron chi connectivity index (χ0n) is 15.7. The smallest absolute Gasteiger partial charge is 0.370 e. The van der Waals surface area contributed by atoms with E-state index >= 15 is 0 Å². The molecule has 0 spiro atoms. The van der Waals surface area contributed by atoms with Crippen LogP contribution in [-0.2, 0) is 6.18 Å². The van der Waals surface area contributed by atoms with Crippen LogP contribution in [0.25, 0.3) is 11.1 Å². The first-order chi connectivity index (χ1) is 13.8. The highest BCUT2D eigenvalue weighted by Gasteiger charge is 2.32. The molecule has 6 nitrogen and oxygen atoms in total. The molecule has 1 fully saturated rings. The first-order valence-corrected chi connectivity index (χ1v) is 9.32. The molecule has 0 unspecified atom stereocenters. The minimum atomic E-state index is -4.50. The lowest BCUT2D eigenvalue weighted by Crippen LogP contribution is -2.30. The van der Waals surface area contributed by atoms with E-state index in [2.05, 4.69) is 15.5 Å². The zero-order valence-corrected chi connectivity index (χ0v) is 15.7. The van der Waals surface area contributed by atoms with Gasteiger partial charge in [-0.15, -0.1) is 0 Å². The molecule has 1 aliphatic heterocycles. The summed E-state index contributed by atoms with van der Waals surface area (Å²) in [7, 11) is 0. The summed E-state index contributed by atoms with van der Waals surface area (Å²) in [4.78, 5) is 18.8. The minimum absolute atomic E-state index is 0.133. The van der Waals surface area contributed by atoms with E-state index in [4.69, 9.17) is 4.52 Å². The number of pyridine rings is 1. The van der Waals surface area contributed by atoms with Crippen molar-refractivity contribution in [3.05, 3.63) is 47.3 Å². The van der Waals surface area contributed by atoms with Gasteiger partial charge in [0, 0.05) is 19.3 Å². The molecular formula is C20H19F3N4O2. The fourth-order valence-electron chi connectivity index (χ4n) is 3.49. The molecule has 3 heterocycles. The molecule has 1 amide bonds. The van der Waals surface area contributed by atoms with Crippen LogP contribution in [-0.4, -0.2) is 29.1 Å². The van der Waals surface area contributed by atoms with Gasteiger partial charge >= 0.3 is 6.18 Å². The number of amides is 1. The Hall–Kier alpha value is -3.10. The molecular weight excluding hydrogens is 385 g/mol. The molecule has 0 saturated carbocycles. The second-order valence-electron chi connectivity index (χ2n) is 7.08. The first kappa shape index (κ1) is 19.2. The first-order valence-electron chi connectivity index (χ1n) is 9.32. The summed E-state index contributed by atoms with van der Waals surface area (Å²) >= 11 is 0. The Morgan fingerprint density at radius 1 is 1.17 bits per heavy atom. The van der Waals surface area contributed by atoms with E-state index in [0.29, 0.717) is 22.5 Å². The van der Waals surface area contributed by atoms with Gasteiger partial charge in [0.15, 0.2) is 0 Å². The van der Waals surface area contributed by atoms with Crippen LogP contribution in [0.5, 0.6) is 0 Å². The molecule has 0 atom stereocenters. The van der Waals surface area contributed by atoms with Crippen molar-refractivity contribution in [2.24, 2.45) is 0 Å². The summed E-state index contributed by atoms with van der Waals surface area (Å²) in [6.45, 7) is 3.19. The number of hydrogen-bond donors (Lipinski definition) is 1. The van der Waals surface area contributed by atoms with Gasteiger partial charge < -0.3 is 14.7 Å². The molecule has 2 aromatic heterocycles. The number of halogens is 3. The number of nitrogens with zero attached hydrogens (tertiary/aromatic N) is 3. The van der Waals surface area contributed by atoms with Crippen LogP contribution in [0, 0.1) is 6.92 Å². The van der Waals surface area contributed by atoms with Gasteiger partial charge in [0.25, 0.3) is 11.6 Å². The Bertz CT molecular complexity index is 1060. The van der Waals surface area contributed by atoms with E-state index < -0.39 is 17.6 Å². The number of piperidine rings is 1. The Kier molecular flexibility index (Phi) is 4.89. The molecule has 9 heteroatoms. The SMILES string of the molecule is Cc1noc2ncc(C(=O)Nc3cc(C(F)(F)F)ccc3N3CCCCC3)cc12. The highest BCUT2D eigenvalue weighted by atomic mass is 19.4. The average Bonchev–Trinajstić information content (AvgIpc) is 3.08.